The number of nitrogens with one attached hydrogen (secondary N) is 1. The van der Waals surface area contributed by atoms with Gasteiger partial charge in [0.2, 0.25) is 0 Å². The quantitative estimate of drug-likeness (QED) is 0.634. The maximum atomic E-state index is 12.3. The Bertz CT molecular complexity index is 1050. The van der Waals surface area contributed by atoms with E-state index in [9.17, 15) is 4.79 Å². The van der Waals surface area contributed by atoms with E-state index in [2.05, 4.69) is 45.3 Å². The minimum absolute atomic E-state index is 0.307. The average molecular weight is 388 g/mol. The van der Waals surface area contributed by atoms with Crippen LogP contribution in [0.25, 0.3) is 0 Å². The van der Waals surface area contributed by atoms with Gasteiger partial charge in [0.1, 0.15) is 17.5 Å². The Hall–Kier alpha value is -3.41. The molecule has 0 saturated carbocycles. The second-order valence-electron chi connectivity index (χ2n) is 7.10. The number of hydrogen-bond donors (Lipinski definition) is 1. The number of nitrogens with zero attached hydrogens (tertiary/aromatic N) is 3. The highest BCUT2D eigenvalue weighted by Crippen LogP contribution is 2.38. The van der Waals surface area contributed by atoms with Crippen LogP contribution in [0.4, 0.5) is 23.0 Å². The van der Waals surface area contributed by atoms with Crippen LogP contribution in [0.2, 0.25) is 0 Å². The summed E-state index contributed by atoms with van der Waals surface area (Å²) in [4.78, 5) is 23.7. The number of benzene rings is 2. The van der Waals surface area contributed by atoms with Crippen molar-refractivity contribution in [3.63, 3.8) is 0 Å². The fraction of sp³-hybridized carbons (Fsp3) is 0.261. The molecule has 0 fully saturated rings. The normalized spacial score (nSPS) is 15.1. The van der Waals surface area contributed by atoms with Crippen LogP contribution in [0.15, 0.2) is 54.6 Å². The van der Waals surface area contributed by atoms with Crippen molar-refractivity contribution in [3.05, 3.63) is 71.5 Å². The number of anilines is 4. The number of carbonyl (C=O) groups is 1. The smallest absolute Gasteiger partial charge is 0.340 e. The molecular formula is C23H24N4O2. The molecule has 148 valence electrons. The maximum absolute atomic E-state index is 12.3. The Morgan fingerprint density at radius 2 is 1.93 bits per heavy atom. The van der Waals surface area contributed by atoms with Gasteiger partial charge in [-0.2, -0.15) is 0 Å². The molecule has 0 saturated heterocycles. The monoisotopic (exact) mass is 388 g/mol. The first kappa shape index (κ1) is 18.9. The fourth-order valence-electron chi connectivity index (χ4n) is 3.77. The Morgan fingerprint density at radius 3 is 2.76 bits per heavy atom. The maximum Gasteiger partial charge on any atom is 0.340 e. The van der Waals surface area contributed by atoms with Gasteiger partial charge in [0.15, 0.2) is 0 Å². The summed E-state index contributed by atoms with van der Waals surface area (Å²) < 4.78 is 5.17. The van der Waals surface area contributed by atoms with Crippen molar-refractivity contribution in [1.29, 1.82) is 0 Å². The van der Waals surface area contributed by atoms with E-state index in [4.69, 9.17) is 4.74 Å². The third-order valence-corrected chi connectivity index (χ3v) is 4.96. The summed E-state index contributed by atoms with van der Waals surface area (Å²) in [6.45, 7) is 6.19. The van der Waals surface area contributed by atoms with E-state index in [0.29, 0.717) is 35.5 Å². The SMILES string of the molecule is CCOC(=O)c1ccccc1Nc1cc(N2c3ccccc3CC2C)nc(C)n1. The van der Waals surface area contributed by atoms with E-state index in [0.717, 1.165) is 12.2 Å². The largest absolute Gasteiger partial charge is 0.462 e. The van der Waals surface area contributed by atoms with E-state index >= 15 is 0 Å². The molecule has 1 aliphatic heterocycles. The lowest BCUT2D eigenvalue weighted by Crippen LogP contribution is -2.25. The summed E-state index contributed by atoms with van der Waals surface area (Å²) in [5.74, 6) is 1.78. The molecule has 1 N–H and O–H groups in total. The van der Waals surface area contributed by atoms with Crippen molar-refractivity contribution < 1.29 is 9.53 Å². The predicted molar refractivity (Wildman–Crippen MR) is 114 cm³/mol. The van der Waals surface area contributed by atoms with Crippen LogP contribution in [0.3, 0.4) is 0 Å². The first-order chi connectivity index (χ1) is 14.1. The second-order valence-corrected chi connectivity index (χ2v) is 7.10. The molecule has 29 heavy (non-hydrogen) atoms. The molecule has 3 aromatic rings. The average Bonchev–Trinajstić information content (AvgIpc) is 3.04. The molecular weight excluding hydrogens is 364 g/mol. The van der Waals surface area contributed by atoms with E-state index < -0.39 is 0 Å². The van der Waals surface area contributed by atoms with Gasteiger partial charge in [-0.15, -0.1) is 0 Å². The summed E-state index contributed by atoms with van der Waals surface area (Å²) >= 11 is 0. The van der Waals surface area contributed by atoms with Gasteiger partial charge in [0.25, 0.3) is 0 Å². The molecule has 6 nitrogen and oxygen atoms in total. The van der Waals surface area contributed by atoms with Crippen LogP contribution in [-0.4, -0.2) is 28.6 Å². The predicted octanol–water partition coefficient (Wildman–Crippen LogP) is 4.79. The zero-order valence-corrected chi connectivity index (χ0v) is 16.8. The highest BCUT2D eigenvalue weighted by atomic mass is 16.5. The van der Waals surface area contributed by atoms with Crippen molar-refractivity contribution in [3.8, 4) is 0 Å². The molecule has 1 unspecified atom stereocenters. The third kappa shape index (κ3) is 3.78. The Balaban J connectivity index is 1.69. The molecule has 2 aromatic carbocycles. The van der Waals surface area contributed by atoms with Crippen molar-refractivity contribution in [2.24, 2.45) is 0 Å². The van der Waals surface area contributed by atoms with E-state index in [1.165, 1.54) is 11.3 Å². The number of para-hydroxylation sites is 2. The number of ether oxygens (including phenoxy) is 1. The lowest BCUT2D eigenvalue weighted by Gasteiger charge is -2.24. The van der Waals surface area contributed by atoms with Crippen molar-refractivity contribution >= 4 is 29.0 Å². The summed E-state index contributed by atoms with van der Waals surface area (Å²) in [6.07, 6.45) is 0.980. The molecule has 0 radical (unpaired) electrons. The second kappa shape index (κ2) is 7.91. The first-order valence-corrected chi connectivity index (χ1v) is 9.83. The lowest BCUT2D eigenvalue weighted by atomic mass is 10.1. The van der Waals surface area contributed by atoms with E-state index in [1.54, 1.807) is 13.0 Å². The molecule has 0 amide bonds. The summed E-state index contributed by atoms with van der Waals surface area (Å²) in [6, 6.07) is 17.9. The van der Waals surface area contributed by atoms with Crippen LogP contribution in [0, 0.1) is 6.92 Å². The van der Waals surface area contributed by atoms with Crippen LogP contribution in [0.5, 0.6) is 0 Å². The van der Waals surface area contributed by atoms with Gasteiger partial charge in [-0.05, 0) is 51.0 Å². The minimum atomic E-state index is -0.358. The molecule has 0 aliphatic carbocycles. The number of carbonyl (C=O) groups excluding carboxylic acids is 1. The Morgan fingerprint density at radius 1 is 1.17 bits per heavy atom. The van der Waals surface area contributed by atoms with Crippen LogP contribution in [0.1, 0.15) is 35.6 Å². The van der Waals surface area contributed by atoms with Gasteiger partial charge in [-0.25, -0.2) is 14.8 Å². The molecule has 1 atom stereocenters. The molecule has 0 spiro atoms. The molecule has 1 aliphatic rings. The zero-order chi connectivity index (χ0) is 20.4. The van der Waals surface area contributed by atoms with Crippen molar-refractivity contribution in [2.45, 2.75) is 33.2 Å². The van der Waals surface area contributed by atoms with E-state index in [-0.39, 0.29) is 5.97 Å². The zero-order valence-electron chi connectivity index (χ0n) is 16.8. The standard InChI is InChI=1S/C23H24N4O2/c1-4-29-23(28)18-10-6-7-11-19(18)26-21-14-22(25-16(3)24-21)27-15(2)13-17-9-5-8-12-20(17)27/h5-12,14-15H,4,13H2,1-3H3,(H,24,25,26). The summed E-state index contributed by atoms with van der Waals surface area (Å²) in [5, 5.41) is 3.28. The fourth-order valence-corrected chi connectivity index (χ4v) is 3.77. The first-order valence-electron chi connectivity index (χ1n) is 9.83. The van der Waals surface area contributed by atoms with Crippen LogP contribution in [-0.2, 0) is 11.2 Å². The van der Waals surface area contributed by atoms with E-state index in [1.807, 2.05) is 37.3 Å². The number of fused-ring (bicyclic) bond motifs is 1. The highest BCUT2D eigenvalue weighted by molar-refractivity contribution is 5.96. The van der Waals surface area contributed by atoms with Gasteiger partial charge in [-0.1, -0.05) is 30.3 Å². The molecule has 1 aromatic heterocycles. The van der Waals surface area contributed by atoms with Gasteiger partial charge in [0, 0.05) is 17.8 Å². The molecule has 0 bridgehead atoms. The molecule has 4 rings (SSSR count). The van der Waals surface area contributed by atoms with Crippen molar-refractivity contribution in [2.75, 3.05) is 16.8 Å². The van der Waals surface area contributed by atoms with Crippen molar-refractivity contribution in [1.82, 2.24) is 9.97 Å². The highest BCUT2D eigenvalue weighted by Gasteiger charge is 2.28. The lowest BCUT2D eigenvalue weighted by molar-refractivity contribution is 0.0527. The molecule has 2 heterocycles. The number of aryl methyl sites for hydroxylation is 1. The number of aromatic nitrogens is 2. The summed E-state index contributed by atoms with van der Waals surface area (Å²) in [5.41, 5.74) is 3.63. The van der Waals surface area contributed by atoms with Crippen LogP contribution >= 0.6 is 0 Å². The Labute approximate surface area is 170 Å². The van der Waals surface area contributed by atoms with Gasteiger partial charge in [-0.3, -0.25) is 0 Å². The number of hydrogen-bond acceptors (Lipinski definition) is 6. The topological polar surface area (TPSA) is 67.3 Å². The third-order valence-electron chi connectivity index (χ3n) is 4.96. The minimum Gasteiger partial charge on any atom is -0.462 e. The van der Waals surface area contributed by atoms with Crippen LogP contribution < -0.4 is 10.2 Å². The molecule has 6 heteroatoms. The van der Waals surface area contributed by atoms with Gasteiger partial charge < -0.3 is 15.0 Å². The number of rotatable bonds is 5. The number of esters is 1. The van der Waals surface area contributed by atoms with Gasteiger partial charge >= 0.3 is 5.97 Å². The Kier molecular flexibility index (Phi) is 5.16. The van der Waals surface area contributed by atoms with Gasteiger partial charge in [0.05, 0.1) is 17.9 Å². The summed E-state index contributed by atoms with van der Waals surface area (Å²) in [7, 11) is 0.